The molecule has 8 heteroatoms. The Morgan fingerprint density at radius 3 is 2.64 bits per heavy atom. The highest BCUT2D eigenvalue weighted by Gasteiger charge is 2.22. The Balaban J connectivity index is 1.78. The van der Waals surface area contributed by atoms with Gasteiger partial charge in [0.15, 0.2) is 5.69 Å². The van der Waals surface area contributed by atoms with Crippen LogP contribution in [0.25, 0.3) is 22.3 Å². The third-order valence-electron chi connectivity index (χ3n) is 5.44. The minimum atomic E-state index is -0.997. The lowest BCUT2D eigenvalue weighted by Gasteiger charge is -2.09. The highest BCUT2D eigenvalue weighted by atomic mass is 79.9. The van der Waals surface area contributed by atoms with E-state index in [1.54, 1.807) is 30.5 Å². The van der Waals surface area contributed by atoms with Crippen LogP contribution in [0.1, 0.15) is 51.8 Å². The number of esters is 1. The lowest BCUT2D eigenvalue weighted by molar-refractivity contribution is 0.0526. The predicted octanol–water partition coefficient (Wildman–Crippen LogP) is 5.85. The van der Waals surface area contributed by atoms with Gasteiger partial charge < -0.3 is 18.8 Å². The van der Waals surface area contributed by atoms with Crippen molar-refractivity contribution in [2.24, 2.45) is 0 Å². The summed E-state index contributed by atoms with van der Waals surface area (Å²) in [4.78, 5) is 28.7. The predicted molar refractivity (Wildman–Crippen MR) is 128 cm³/mol. The molecule has 0 spiro atoms. The zero-order valence-corrected chi connectivity index (χ0v) is 20.1. The Morgan fingerprint density at radius 2 is 1.94 bits per heavy atom. The van der Waals surface area contributed by atoms with E-state index in [0.29, 0.717) is 45.6 Å². The second kappa shape index (κ2) is 9.23. The Kier molecular flexibility index (Phi) is 6.37. The molecule has 0 saturated heterocycles. The van der Waals surface area contributed by atoms with E-state index in [0.717, 1.165) is 16.8 Å². The quantitative estimate of drug-likeness (QED) is 0.313. The number of carbonyl (C=O) groups is 2. The van der Waals surface area contributed by atoms with Gasteiger partial charge in [0.1, 0.15) is 17.2 Å². The number of carbonyl (C=O) groups excluding carboxylic acids is 1. The normalized spacial score (nSPS) is 11.2. The highest BCUT2D eigenvalue weighted by molar-refractivity contribution is 9.10. The van der Waals surface area contributed by atoms with Gasteiger partial charge in [-0.2, -0.15) is 0 Å². The molecule has 33 heavy (non-hydrogen) atoms. The van der Waals surface area contributed by atoms with Crippen molar-refractivity contribution in [1.29, 1.82) is 0 Å². The summed E-state index contributed by atoms with van der Waals surface area (Å²) < 4.78 is 13.7. The number of imidazole rings is 1. The van der Waals surface area contributed by atoms with Gasteiger partial charge in [0, 0.05) is 23.9 Å². The van der Waals surface area contributed by atoms with E-state index in [-0.39, 0.29) is 12.3 Å². The molecule has 4 aromatic rings. The molecule has 0 radical (unpaired) electrons. The molecule has 1 N–H and O–H groups in total. The van der Waals surface area contributed by atoms with Gasteiger partial charge in [-0.15, -0.1) is 0 Å². The first-order valence-electron chi connectivity index (χ1n) is 10.6. The fourth-order valence-electron chi connectivity index (χ4n) is 3.98. The van der Waals surface area contributed by atoms with Gasteiger partial charge >= 0.3 is 11.9 Å². The monoisotopic (exact) mass is 510 g/mol. The number of aromatic nitrogens is 2. The van der Waals surface area contributed by atoms with E-state index in [1.165, 1.54) is 0 Å². The molecular formula is C25H23BrN2O5. The molecule has 4 rings (SSSR count). The van der Waals surface area contributed by atoms with Gasteiger partial charge in [-0.1, -0.05) is 31.2 Å². The first-order valence-corrected chi connectivity index (χ1v) is 11.4. The maximum Gasteiger partial charge on any atom is 0.354 e. The van der Waals surface area contributed by atoms with Gasteiger partial charge in [-0.25, -0.2) is 14.6 Å². The molecule has 2 aromatic carbocycles. The first kappa shape index (κ1) is 22.8. The lowest BCUT2D eigenvalue weighted by atomic mass is 10.0. The van der Waals surface area contributed by atoms with Crippen molar-refractivity contribution in [2.45, 2.75) is 33.7 Å². The number of rotatable bonds is 7. The van der Waals surface area contributed by atoms with Gasteiger partial charge in [0.25, 0.3) is 0 Å². The molecule has 0 unspecified atom stereocenters. The van der Waals surface area contributed by atoms with Crippen LogP contribution in [0, 0.1) is 6.92 Å². The van der Waals surface area contributed by atoms with E-state index >= 15 is 0 Å². The van der Waals surface area contributed by atoms with Crippen LogP contribution in [0.15, 0.2) is 51.4 Å². The summed E-state index contributed by atoms with van der Waals surface area (Å²) in [6.45, 7) is 6.08. The summed E-state index contributed by atoms with van der Waals surface area (Å²) >= 11 is 3.64. The standard InChI is InChI=1S/C25H23BrN2O5/c1-4-20-27-14(3)22(24(29)30)28(20)13-15-10-11-19-18(12-15)21(26)23(33-19)16-8-6-7-9-17(16)25(31)32-5-2/h6-12H,4-5,13H2,1-3H3,(H,29,30). The summed E-state index contributed by atoms with van der Waals surface area (Å²) in [5.74, 6) is -0.155. The molecule has 0 atom stereocenters. The third kappa shape index (κ3) is 4.18. The van der Waals surface area contributed by atoms with Gasteiger partial charge in [-0.3, -0.25) is 0 Å². The second-order valence-electron chi connectivity index (χ2n) is 7.55. The van der Waals surface area contributed by atoms with E-state index in [2.05, 4.69) is 20.9 Å². The van der Waals surface area contributed by atoms with Crippen LogP contribution < -0.4 is 0 Å². The molecule has 0 saturated carbocycles. The summed E-state index contributed by atoms with van der Waals surface area (Å²) in [6, 6.07) is 12.9. The zero-order chi connectivity index (χ0) is 23.7. The number of hydrogen-bond acceptors (Lipinski definition) is 5. The van der Waals surface area contributed by atoms with Gasteiger partial charge in [-0.05, 0) is 53.5 Å². The van der Waals surface area contributed by atoms with Crippen molar-refractivity contribution >= 4 is 38.8 Å². The van der Waals surface area contributed by atoms with Crippen molar-refractivity contribution in [3.8, 4) is 11.3 Å². The third-order valence-corrected chi connectivity index (χ3v) is 6.23. The number of ether oxygens (including phenoxy) is 1. The topological polar surface area (TPSA) is 94.6 Å². The van der Waals surface area contributed by atoms with Crippen LogP contribution in [0.4, 0.5) is 0 Å². The molecule has 2 aromatic heterocycles. The van der Waals surface area contributed by atoms with E-state index in [9.17, 15) is 14.7 Å². The molecule has 170 valence electrons. The number of aromatic carboxylic acids is 1. The smallest absolute Gasteiger partial charge is 0.354 e. The number of carboxylic acid groups (broad SMARTS) is 1. The van der Waals surface area contributed by atoms with Crippen LogP contribution in [-0.2, 0) is 17.7 Å². The number of carboxylic acids is 1. The Hall–Kier alpha value is -3.39. The summed E-state index contributed by atoms with van der Waals surface area (Å²) in [7, 11) is 0. The van der Waals surface area contributed by atoms with Crippen molar-refractivity contribution < 1.29 is 23.8 Å². The molecule has 2 heterocycles. The first-order chi connectivity index (χ1) is 15.8. The highest BCUT2D eigenvalue weighted by Crippen LogP contribution is 2.39. The van der Waals surface area contributed by atoms with E-state index in [4.69, 9.17) is 9.15 Å². The van der Waals surface area contributed by atoms with Gasteiger partial charge in [0.2, 0.25) is 0 Å². The van der Waals surface area contributed by atoms with Crippen LogP contribution in [0.3, 0.4) is 0 Å². The SMILES string of the molecule is CCOC(=O)c1ccccc1-c1oc2ccc(Cn3c(CC)nc(C)c3C(=O)O)cc2c1Br. The second-order valence-corrected chi connectivity index (χ2v) is 8.34. The fraction of sp³-hybridized carbons (Fsp3) is 0.240. The average molecular weight is 511 g/mol. The van der Waals surface area contributed by atoms with Gasteiger partial charge in [0.05, 0.1) is 22.3 Å². The largest absolute Gasteiger partial charge is 0.477 e. The summed E-state index contributed by atoms with van der Waals surface area (Å²) in [5.41, 5.74) is 3.31. The number of furan rings is 1. The molecular weight excluding hydrogens is 488 g/mol. The number of nitrogens with zero attached hydrogens (tertiary/aromatic N) is 2. The molecule has 0 aliphatic rings. The molecule has 0 bridgehead atoms. The van der Waals surface area contributed by atoms with Crippen LogP contribution in [-0.4, -0.2) is 33.2 Å². The van der Waals surface area contributed by atoms with Crippen LogP contribution in [0.2, 0.25) is 0 Å². The number of halogens is 1. The molecule has 0 amide bonds. The lowest BCUT2D eigenvalue weighted by Crippen LogP contribution is -2.13. The minimum Gasteiger partial charge on any atom is -0.477 e. The molecule has 0 fully saturated rings. The van der Waals surface area contributed by atoms with Crippen molar-refractivity contribution in [2.75, 3.05) is 6.61 Å². The van der Waals surface area contributed by atoms with Crippen LogP contribution >= 0.6 is 15.9 Å². The van der Waals surface area contributed by atoms with E-state index < -0.39 is 11.9 Å². The zero-order valence-electron chi connectivity index (χ0n) is 18.5. The number of fused-ring (bicyclic) bond motifs is 1. The van der Waals surface area contributed by atoms with Crippen molar-refractivity contribution in [3.05, 3.63) is 75.3 Å². The molecule has 0 aliphatic heterocycles. The Bertz CT molecular complexity index is 1370. The van der Waals surface area contributed by atoms with Crippen molar-refractivity contribution in [3.63, 3.8) is 0 Å². The molecule has 7 nitrogen and oxygen atoms in total. The van der Waals surface area contributed by atoms with Crippen LogP contribution in [0.5, 0.6) is 0 Å². The Morgan fingerprint density at radius 1 is 1.18 bits per heavy atom. The average Bonchev–Trinajstić information content (AvgIpc) is 3.30. The van der Waals surface area contributed by atoms with E-state index in [1.807, 2.05) is 37.3 Å². The fourth-order valence-corrected chi connectivity index (χ4v) is 4.58. The number of aryl methyl sites for hydroxylation is 2. The number of benzene rings is 2. The Labute approximate surface area is 199 Å². The summed E-state index contributed by atoms with van der Waals surface area (Å²) in [6.07, 6.45) is 0.626. The minimum absolute atomic E-state index is 0.197. The van der Waals surface area contributed by atoms with Crippen molar-refractivity contribution in [1.82, 2.24) is 9.55 Å². The summed E-state index contributed by atoms with van der Waals surface area (Å²) in [5, 5.41) is 10.5. The number of hydrogen-bond donors (Lipinski definition) is 1. The molecule has 0 aliphatic carbocycles. The maximum absolute atomic E-state index is 12.4. The maximum atomic E-state index is 12.4.